The molecule has 228 valence electrons. The van der Waals surface area contributed by atoms with E-state index in [1.807, 2.05) is 44.0 Å². The molecule has 42 heavy (non-hydrogen) atoms. The van der Waals surface area contributed by atoms with Crippen LogP contribution < -0.4 is 9.47 Å². The number of ether oxygens (including phenoxy) is 3. The summed E-state index contributed by atoms with van der Waals surface area (Å²) in [6, 6.07) is 13.7. The lowest BCUT2D eigenvalue weighted by Crippen LogP contribution is -2.34. The summed E-state index contributed by atoms with van der Waals surface area (Å²) in [5.74, 6) is 0.104. The van der Waals surface area contributed by atoms with Gasteiger partial charge in [0.25, 0.3) is 5.69 Å². The second-order valence-corrected chi connectivity index (χ2v) is 10.3. The highest BCUT2D eigenvalue weighted by Crippen LogP contribution is 2.40. The first-order valence-electron chi connectivity index (χ1n) is 13.4. The van der Waals surface area contributed by atoms with Gasteiger partial charge in [-0.15, -0.1) is 12.4 Å². The molecule has 2 rings (SSSR count). The molecule has 10 nitrogen and oxygen atoms in total. The number of nitro benzene ring substituents is 1. The quantitative estimate of drug-likeness (QED) is 0.108. The van der Waals surface area contributed by atoms with Gasteiger partial charge in [0.15, 0.2) is 17.3 Å². The van der Waals surface area contributed by atoms with Gasteiger partial charge in [-0.25, -0.2) is 4.79 Å². The predicted molar refractivity (Wildman–Crippen MR) is 163 cm³/mol. The number of Topliss-reactive ketones (excluding diaryl/α,β-unsaturated/α-hetero) is 1. The molecule has 2 unspecified atom stereocenters. The predicted octanol–water partition coefficient (Wildman–Crippen LogP) is 5.77. The van der Waals surface area contributed by atoms with Crippen molar-refractivity contribution < 1.29 is 28.7 Å². The summed E-state index contributed by atoms with van der Waals surface area (Å²) in [7, 11) is 5.05. The molecule has 0 amide bonds. The molecule has 0 aliphatic carbocycles. The minimum absolute atomic E-state index is 0. The van der Waals surface area contributed by atoms with E-state index in [2.05, 4.69) is 6.07 Å². The number of carbonyl (C=O) groups is 2. The number of methoxy groups -OCH3 is 2. The largest absolute Gasteiger partial charge is 0.493 e. The van der Waals surface area contributed by atoms with Crippen LogP contribution >= 0.6 is 12.4 Å². The Morgan fingerprint density at radius 1 is 1.12 bits per heavy atom. The van der Waals surface area contributed by atoms with Crippen molar-refractivity contribution in [1.29, 1.82) is 5.26 Å². The van der Waals surface area contributed by atoms with Gasteiger partial charge >= 0.3 is 5.97 Å². The summed E-state index contributed by atoms with van der Waals surface area (Å²) < 4.78 is 16.3. The molecule has 0 aromatic heterocycles. The topological polar surface area (TPSA) is 132 Å². The molecule has 0 aliphatic heterocycles. The normalized spacial score (nSPS) is 13.4. The first kappa shape index (κ1) is 36.1. The molecular formula is C31H40ClN3O7. The summed E-state index contributed by atoms with van der Waals surface area (Å²) in [4.78, 5) is 37.3. The second-order valence-electron chi connectivity index (χ2n) is 10.3. The van der Waals surface area contributed by atoms with Gasteiger partial charge in [-0.05, 0) is 69.5 Å². The van der Waals surface area contributed by atoms with E-state index < -0.39 is 28.2 Å². The van der Waals surface area contributed by atoms with Crippen molar-refractivity contribution in [3.63, 3.8) is 0 Å². The molecule has 0 heterocycles. The first-order valence-corrected chi connectivity index (χ1v) is 13.4. The molecule has 2 aromatic rings. The van der Waals surface area contributed by atoms with Crippen molar-refractivity contribution in [2.45, 2.75) is 52.1 Å². The average Bonchev–Trinajstić information content (AvgIpc) is 2.93. The molecular weight excluding hydrogens is 562 g/mol. The molecule has 0 radical (unpaired) electrons. The molecule has 0 fully saturated rings. The number of hydrogen-bond donors (Lipinski definition) is 0. The summed E-state index contributed by atoms with van der Waals surface area (Å²) in [5.41, 5.74) is 0.278. The molecule has 2 aromatic carbocycles. The van der Waals surface area contributed by atoms with E-state index >= 15 is 0 Å². The molecule has 2 atom stereocenters. The smallest absolute Gasteiger partial charge is 0.331 e. The zero-order valence-electron chi connectivity index (χ0n) is 25.2. The van der Waals surface area contributed by atoms with Gasteiger partial charge in [0.2, 0.25) is 0 Å². The minimum Gasteiger partial charge on any atom is -0.493 e. The Balaban J connectivity index is 0.00000882. The highest BCUT2D eigenvalue weighted by Gasteiger charge is 2.36. The number of halogens is 1. The summed E-state index contributed by atoms with van der Waals surface area (Å²) in [6.45, 7) is 8.19. The first-order chi connectivity index (χ1) is 19.4. The molecule has 0 N–H and O–H groups in total. The maximum atomic E-state index is 12.6. The van der Waals surface area contributed by atoms with Crippen LogP contribution in [0.3, 0.4) is 0 Å². The van der Waals surface area contributed by atoms with Crippen LogP contribution in [0.5, 0.6) is 11.5 Å². The Morgan fingerprint density at radius 2 is 1.79 bits per heavy atom. The fourth-order valence-electron chi connectivity index (χ4n) is 4.85. The van der Waals surface area contributed by atoms with Crippen molar-refractivity contribution in [2.75, 3.05) is 34.4 Å². The molecule has 11 heteroatoms. The van der Waals surface area contributed by atoms with Crippen molar-refractivity contribution >= 4 is 35.4 Å². The van der Waals surface area contributed by atoms with Crippen LogP contribution in [0.25, 0.3) is 5.57 Å². The van der Waals surface area contributed by atoms with Crippen molar-refractivity contribution in [2.24, 2.45) is 5.92 Å². The SMILES string of the molecule is COc1ccc(C(C#N)(CCCN(C)CC(C)OC(=O)C=C(C(C)=O)c2cccc([N+](=O)[O-])c2)C(C)C)cc1OC.Cl. The number of benzene rings is 2. The van der Waals surface area contributed by atoms with Crippen LogP contribution in [0.2, 0.25) is 0 Å². The Labute approximate surface area is 253 Å². The number of non-ortho nitro benzene ring substituents is 1. The summed E-state index contributed by atoms with van der Waals surface area (Å²) >= 11 is 0. The third-order valence-electron chi connectivity index (χ3n) is 7.09. The fourth-order valence-corrected chi connectivity index (χ4v) is 4.85. The van der Waals surface area contributed by atoms with E-state index in [9.17, 15) is 25.0 Å². The lowest BCUT2D eigenvalue weighted by atomic mass is 9.69. The van der Waals surface area contributed by atoms with Gasteiger partial charge in [-0.1, -0.05) is 32.0 Å². The number of ketones is 1. The van der Waals surface area contributed by atoms with Crippen molar-refractivity contribution in [3.8, 4) is 17.6 Å². The number of nitrogens with zero attached hydrogens (tertiary/aromatic N) is 3. The van der Waals surface area contributed by atoms with Crippen LogP contribution in [-0.4, -0.2) is 62.0 Å². The lowest BCUT2D eigenvalue weighted by molar-refractivity contribution is -0.384. The van der Waals surface area contributed by atoms with E-state index in [1.54, 1.807) is 21.1 Å². The average molecular weight is 602 g/mol. The Morgan fingerprint density at radius 3 is 2.33 bits per heavy atom. The van der Waals surface area contributed by atoms with Gasteiger partial charge < -0.3 is 19.1 Å². The standard InChI is InChI=1S/C31H39N3O7.ClH/c1-21(2)31(20-32,25-12-13-28(39-6)29(17-25)40-7)14-9-15-33(5)19-22(3)41-30(36)18-27(23(4)35)24-10-8-11-26(16-24)34(37)38;/h8,10-13,16-18,21-22H,9,14-15,19H2,1-7H3;1H. The number of likely N-dealkylation sites (N-methyl/N-ethyl adjacent to an activating group) is 1. The number of allylic oxidation sites excluding steroid dienone is 1. The van der Waals surface area contributed by atoms with Gasteiger partial charge in [-0.2, -0.15) is 5.26 Å². The van der Waals surface area contributed by atoms with Crippen LogP contribution in [0, 0.1) is 27.4 Å². The van der Waals surface area contributed by atoms with E-state index in [0.717, 1.165) is 18.1 Å². The fraction of sp³-hybridized carbons (Fsp3) is 0.452. The van der Waals surface area contributed by atoms with E-state index in [-0.39, 0.29) is 35.1 Å². The summed E-state index contributed by atoms with van der Waals surface area (Å²) in [6.07, 6.45) is 1.92. The van der Waals surface area contributed by atoms with Gasteiger partial charge in [0, 0.05) is 30.3 Å². The third kappa shape index (κ3) is 9.29. The Bertz CT molecular complexity index is 1320. The minimum atomic E-state index is -0.723. The highest BCUT2D eigenvalue weighted by molar-refractivity contribution is 6.23. The van der Waals surface area contributed by atoms with Crippen LogP contribution in [0.15, 0.2) is 48.5 Å². The number of nitriles is 1. The van der Waals surface area contributed by atoms with E-state index in [1.165, 1.54) is 31.2 Å². The summed E-state index contributed by atoms with van der Waals surface area (Å²) in [5, 5.41) is 21.4. The van der Waals surface area contributed by atoms with Gasteiger partial charge in [0.05, 0.1) is 30.6 Å². The lowest BCUT2D eigenvalue weighted by Gasteiger charge is -2.32. The van der Waals surface area contributed by atoms with E-state index in [4.69, 9.17) is 14.2 Å². The molecule has 0 bridgehead atoms. The zero-order valence-corrected chi connectivity index (χ0v) is 26.0. The second kappa shape index (κ2) is 16.5. The number of hydrogen-bond acceptors (Lipinski definition) is 9. The number of rotatable bonds is 15. The number of carbonyl (C=O) groups excluding carboxylic acids is 2. The van der Waals surface area contributed by atoms with Crippen LogP contribution in [-0.2, 0) is 19.7 Å². The molecule has 0 saturated carbocycles. The van der Waals surface area contributed by atoms with Gasteiger partial charge in [0.1, 0.15) is 6.10 Å². The highest BCUT2D eigenvalue weighted by atomic mass is 35.5. The maximum absolute atomic E-state index is 12.6. The third-order valence-corrected chi connectivity index (χ3v) is 7.09. The molecule has 0 aliphatic rings. The van der Waals surface area contributed by atoms with Crippen molar-refractivity contribution in [1.82, 2.24) is 4.90 Å². The van der Waals surface area contributed by atoms with Crippen LogP contribution in [0.4, 0.5) is 5.69 Å². The van der Waals surface area contributed by atoms with Crippen molar-refractivity contribution in [3.05, 3.63) is 69.8 Å². The number of nitro groups is 1. The van der Waals surface area contributed by atoms with Crippen LogP contribution in [0.1, 0.15) is 51.7 Å². The van der Waals surface area contributed by atoms with Gasteiger partial charge in [-0.3, -0.25) is 14.9 Å². The monoisotopic (exact) mass is 601 g/mol. The maximum Gasteiger partial charge on any atom is 0.331 e. The molecule has 0 saturated heterocycles. The Kier molecular flexibility index (Phi) is 14.2. The molecule has 0 spiro atoms. The Hall–Kier alpha value is -3.94. The zero-order chi connectivity index (χ0) is 30.7. The number of esters is 1. The van der Waals surface area contributed by atoms with E-state index in [0.29, 0.717) is 31.0 Å².